The summed E-state index contributed by atoms with van der Waals surface area (Å²) in [5.74, 6) is 0.0953. The minimum absolute atomic E-state index is 0.127. The summed E-state index contributed by atoms with van der Waals surface area (Å²) in [5, 5.41) is 11.2. The molecule has 5 nitrogen and oxygen atoms in total. The Morgan fingerprint density at radius 1 is 1.35 bits per heavy atom. The smallest absolute Gasteiger partial charge is 0.183 e. The molecule has 1 atom stereocenters. The molecule has 1 unspecified atom stereocenters. The largest absolute Gasteiger partial charge is 0.545 e. The van der Waals surface area contributed by atoms with E-state index in [-0.39, 0.29) is 11.6 Å². The van der Waals surface area contributed by atoms with Gasteiger partial charge in [0.2, 0.25) is 0 Å². The van der Waals surface area contributed by atoms with Gasteiger partial charge in [-0.3, -0.25) is 4.99 Å². The standard InChI is InChI=1S/C18H23NO4/c1-22-15-11-10-13(16(12-15)18(20)21)6-5-8-14-7-3-4-9-17(19-14)23-2/h5-6,10-12,14H,3-4,7-9H2,1-2H3,(H,20,21)/p-1/b6-5+. The lowest BCUT2D eigenvalue weighted by molar-refractivity contribution is -0.255. The summed E-state index contributed by atoms with van der Waals surface area (Å²) in [6, 6.07) is 5.12. The highest BCUT2D eigenvalue weighted by molar-refractivity contribution is 5.91. The van der Waals surface area contributed by atoms with E-state index in [1.165, 1.54) is 13.2 Å². The average Bonchev–Trinajstić information content (AvgIpc) is 2.80. The van der Waals surface area contributed by atoms with Crippen LogP contribution in [0.3, 0.4) is 0 Å². The maximum atomic E-state index is 11.2. The normalized spacial score (nSPS) is 18.3. The van der Waals surface area contributed by atoms with Crippen molar-refractivity contribution in [1.82, 2.24) is 0 Å². The fourth-order valence-corrected chi connectivity index (χ4v) is 2.65. The Labute approximate surface area is 136 Å². The molecule has 0 saturated heterocycles. The molecule has 0 N–H and O–H groups in total. The number of carbonyl (C=O) groups excluding carboxylic acids is 1. The van der Waals surface area contributed by atoms with Crippen LogP contribution in [0.4, 0.5) is 0 Å². The van der Waals surface area contributed by atoms with Crippen molar-refractivity contribution in [2.45, 2.75) is 38.1 Å². The van der Waals surface area contributed by atoms with Crippen LogP contribution >= 0.6 is 0 Å². The third-order valence-electron chi connectivity index (χ3n) is 3.93. The monoisotopic (exact) mass is 316 g/mol. The Morgan fingerprint density at radius 2 is 2.17 bits per heavy atom. The summed E-state index contributed by atoms with van der Waals surface area (Å²) < 4.78 is 10.3. The molecule has 0 aliphatic carbocycles. The van der Waals surface area contributed by atoms with E-state index < -0.39 is 5.97 Å². The molecule has 124 valence electrons. The summed E-state index contributed by atoms with van der Waals surface area (Å²) in [6.07, 6.45) is 8.66. The van der Waals surface area contributed by atoms with Gasteiger partial charge in [0.25, 0.3) is 0 Å². The van der Waals surface area contributed by atoms with E-state index in [0.717, 1.165) is 38.0 Å². The van der Waals surface area contributed by atoms with Crippen LogP contribution in [0.5, 0.6) is 5.75 Å². The lowest BCUT2D eigenvalue weighted by Gasteiger charge is -2.10. The molecule has 1 aromatic rings. The number of nitrogens with zero attached hydrogens (tertiary/aromatic N) is 1. The number of aromatic carboxylic acids is 1. The zero-order chi connectivity index (χ0) is 16.7. The number of carbonyl (C=O) groups is 1. The van der Waals surface area contributed by atoms with Crippen LogP contribution in [0.1, 0.15) is 48.0 Å². The first kappa shape index (κ1) is 17.1. The fourth-order valence-electron chi connectivity index (χ4n) is 2.65. The Kier molecular flexibility index (Phi) is 6.20. The van der Waals surface area contributed by atoms with Gasteiger partial charge in [-0.05, 0) is 37.0 Å². The Morgan fingerprint density at radius 3 is 2.87 bits per heavy atom. The number of methoxy groups -OCH3 is 2. The van der Waals surface area contributed by atoms with Gasteiger partial charge in [-0.15, -0.1) is 0 Å². The van der Waals surface area contributed by atoms with E-state index >= 15 is 0 Å². The van der Waals surface area contributed by atoms with Crippen LogP contribution in [-0.4, -0.2) is 32.1 Å². The summed E-state index contributed by atoms with van der Waals surface area (Å²) in [5.41, 5.74) is 0.734. The predicted molar refractivity (Wildman–Crippen MR) is 87.7 cm³/mol. The van der Waals surface area contributed by atoms with Crippen molar-refractivity contribution < 1.29 is 19.4 Å². The fraction of sp³-hybridized carbons (Fsp3) is 0.444. The van der Waals surface area contributed by atoms with Gasteiger partial charge >= 0.3 is 0 Å². The van der Waals surface area contributed by atoms with E-state index in [9.17, 15) is 9.90 Å². The SMILES string of the molecule is COC1=NC(C/C=C/c2ccc(OC)cc2C(=O)[O-])CCCC1. The predicted octanol–water partition coefficient (Wildman–Crippen LogP) is 2.45. The summed E-state index contributed by atoms with van der Waals surface area (Å²) in [4.78, 5) is 15.8. The maximum absolute atomic E-state index is 11.2. The van der Waals surface area contributed by atoms with E-state index in [0.29, 0.717) is 11.3 Å². The molecule has 0 radical (unpaired) electrons. The minimum atomic E-state index is -1.21. The van der Waals surface area contributed by atoms with E-state index in [1.807, 2.05) is 6.08 Å². The molecule has 0 bridgehead atoms. The summed E-state index contributed by atoms with van der Waals surface area (Å²) >= 11 is 0. The molecule has 1 heterocycles. The Hall–Kier alpha value is -2.30. The number of carboxylic acids is 1. The molecule has 0 aromatic heterocycles. The Bertz CT molecular complexity index is 607. The molecule has 0 spiro atoms. The van der Waals surface area contributed by atoms with Crippen LogP contribution in [0, 0.1) is 0 Å². The van der Waals surface area contributed by atoms with Crippen molar-refractivity contribution in [1.29, 1.82) is 0 Å². The van der Waals surface area contributed by atoms with Crippen molar-refractivity contribution in [3.05, 3.63) is 35.4 Å². The molecule has 0 amide bonds. The molecule has 1 aliphatic heterocycles. The number of rotatable bonds is 5. The summed E-state index contributed by atoms with van der Waals surface area (Å²) in [6.45, 7) is 0. The molecule has 2 rings (SSSR count). The van der Waals surface area contributed by atoms with E-state index in [1.54, 1.807) is 25.3 Å². The maximum Gasteiger partial charge on any atom is 0.183 e. The number of carboxylic acid groups (broad SMARTS) is 1. The van der Waals surface area contributed by atoms with Gasteiger partial charge in [-0.2, -0.15) is 0 Å². The van der Waals surface area contributed by atoms with Crippen LogP contribution in [-0.2, 0) is 4.74 Å². The van der Waals surface area contributed by atoms with Gasteiger partial charge in [-0.25, -0.2) is 0 Å². The molecule has 0 saturated carbocycles. The van der Waals surface area contributed by atoms with Crippen LogP contribution in [0.25, 0.3) is 6.08 Å². The number of hydrogen-bond acceptors (Lipinski definition) is 5. The first-order valence-corrected chi connectivity index (χ1v) is 7.80. The second kappa shape index (κ2) is 8.36. The second-order valence-corrected chi connectivity index (χ2v) is 5.51. The molecule has 1 aromatic carbocycles. The highest BCUT2D eigenvalue weighted by Gasteiger charge is 2.12. The van der Waals surface area contributed by atoms with Gasteiger partial charge < -0.3 is 19.4 Å². The zero-order valence-electron chi connectivity index (χ0n) is 13.6. The molecule has 5 heteroatoms. The molecule has 1 aliphatic rings. The van der Waals surface area contributed by atoms with Crippen LogP contribution in [0.15, 0.2) is 29.3 Å². The van der Waals surface area contributed by atoms with E-state index in [2.05, 4.69) is 4.99 Å². The van der Waals surface area contributed by atoms with Crippen LogP contribution in [0.2, 0.25) is 0 Å². The van der Waals surface area contributed by atoms with Gasteiger partial charge in [-0.1, -0.05) is 24.6 Å². The van der Waals surface area contributed by atoms with Crippen molar-refractivity contribution >= 4 is 17.9 Å². The number of hydrogen-bond donors (Lipinski definition) is 0. The molecular weight excluding hydrogens is 294 g/mol. The van der Waals surface area contributed by atoms with Gasteiger partial charge in [0.05, 0.1) is 26.2 Å². The Balaban J connectivity index is 2.09. The number of benzene rings is 1. The van der Waals surface area contributed by atoms with E-state index in [4.69, 9.17) is 9.47 Å². The quantitative estimate of drug-likeness (QED) is 0.836. The van der Waals surface area contributed by atoms with Gasteiger partial charge in [0.1, 0.15) is 5.75 Å². The van der Waals surface area contributed by atoms with Crippen molar-refractivity contribution in [2.75, 3.05) is 14.2 Å². The minimum Gasteiger partial charge on any atom is -0.545 e. The number of ether oxygens (including phenoxy) is 2. The third-order valence-corrected chi connectivity index (χ3v) is 3.93. The van der Waals surface area contributed by atoms with Crippen molar-refractivity contribution in [3.63, 3.8) is 0 Å². The summed E-state index contributed by atoms with van der Waals surface area (Å²) in [7, 11) is 3.15. The third kappa shape index (κ3) is 4.84. The lowest BCUT2D eigenvalue weighted by atomic mass is 10.0. The lowest BCUT2D eigenvalue weighted by Crippen LogP contribution is -2.23. The first-order valence-electron chi connectivity index (χ1n) is 7.80. The van der Waals surface area contributed by atoms with Gasteiger partial charge in [0.15, 0.2) is 5.90 Å². The molecular formula is C18H22NO4-. The highest BCUT2D eigenvalue weighted by atomic mass is 16.5. The first-order chi connectivity index (χ1) is 11.1. The highest BCUT2D eigenvalue weighted by Crippen LogP contribution is 2.21. The van der Waals surface area contributed by atoms with Crippen molar-refractivity contribution in [3.8, 4) is 5.75 Å². The van der Waals surface area contributed by atoms with Crippen molar-refractivity contribution in [2.24, 2.45) is 4.99 Å². The zero-order valence-corrected chi connectivity index (χ0v) is 13.6. The molecule has 23 heavy (non-hydrogen) atoms. The van der Waals surface area contributed by atoms with Gasteiger partial charge in [0, 0.05) is 12.0 Å². The molecule has 0 fully saturated rings. The topological polar surface area (TPSA) is 71.0 Å². The number of aliphatic imine (C=N–C) groups is 1. The average molecular weight is 316 g/mol. The van der Waals surface area contributed by atoms with Crippen LogP contribution < -0.4 is 9.84 Å². The second-order valence-electron chi connectivity index (χ2n) is 5.51.